The Labute approximate surface area is 201 Å². The van der Waals surface area contributed by atoms with Gasteiger partial charge in [0.2, 0.25) is 5.91 Å². The summed E-state index contributed by atoms with van der Waals surface area (Å²) in [5, 5.41) is 3.46. The summed E-state index contributed by atoms with van der Waals surface area (Å²) in [5.41, 5.74) is 3.98. The number of thioether (sulfide) groups is 1. The minimum Gasteiger partial charge on any atom is -0.496 e. The van der Waals surface area contributed by atoms with Crippen LogP contribution in [-0.4, -0.2) is 41.8 Å². The second kappa shape index (κ2) is 10.8. The fourth-order valence-corrected chi connectivity index (χ4v) is 4.27. The van der Waals surface area contributed by atoms with Crippen LogP contribution in [0.2, 0.25) is 0 Å². The number of hydrogen-bond donors (Lipinski definition) is 1. The van der Waals surface area contributed by atoms with Crippen molar-refractivity contribution in [1.29, 1.82) is 0 Å². The van der Waals surface area contributed by atoms with Gasteiger partial charge in [-0.3, -0.25) is 4.79 Å². The van der Waals surface area contributed by atoms with Gasteiger partial charge in [-0.15, -0.1) is 0 Å². The van der Waals surface area contributed by atoms with Crippen molar-refractivity contribution in [3.05, 3.63) is 89.6 Å². The van der Waals surface area contributed by atoms with Crippen LogP contribution < -0.4 is 10.1 Å². The van der Waals surface area contributed by atoms with Crippen LogP contribution in [0.15, 0.2) is 77.8 Å². The smallest absolute Gasteiger partial charge is 0.339 e. The molecule has 4 rings (SSSR count). The maximum absolute atomic E-state index is 12.7. The minimum absolute atomic E-state index is 0.0987. The van der Waals surface area contributed by atoms with Crippen molar-refractivity contribution in [2.45, 2.75) is 11.4 Å². The van der Waals surface area contributed by atoms with Gasteiger partial charge in [0.25, 0.3) is 0 Å². The van der Waals surface area contributed by atoms with Gasteiger partial charge in [-0.1, -0.05) is 54.2 Å². The zero-order valence-electron chi connectivity index (χ0n) is 18.8. The van der Waals surface area contributed by atoms with Crippen molar-refractivity contribution < 1.29 is 19.1 Å². The Morgan fingerprint density at radius 2 is 1.56 bits per heavy atom. The Morgan fingerprint density at radius 1 is 0.882 bits per heavy atom. The number of anilines is 1. The maximum atomic E-state index is 12.7. The fourth-order valence-electron chi connectivity index (χ4n) is 3.48. The molecule has 7 nitrogen and oxygen atoms in total. The summed E-state index contributed by atoms with van der Waals surface area (Å²) < 4.78 is 10.3. The molecule has 0 aliphatic heterocycles. The van der Waals surface area contributed by atoms with Gasteiger partial charge >= 0.3 is 5.97 Å². The average Bonchev–Trinajstić information content (AvgIpc) is 2.87. The highest BCUT2D eigenvalue weighted by atomic mass is 32.2. The van der Waals surface area contributed by atoms with Crippen molar-refractivity contribution in [2.24, 2.45) is 0 Å². The van der Waals surface area contributed by atoms with E-state index in [0.29, 0.717) is 22.7 Å². The molecule has 0 aliphatic rings. The van der Waals surface area contributed by atoms with E-state index in [1.165, 1.54) is 18.9 Å². The quantitative estimate of drug-likeness (QED) is 0.292. The summed E-state index contributed by atoms with van der Waals surface area (Å²) in [4.78, 5) is 34.3. The first-order valence-corrected chi connectivity index (χ1v) is 11.5. The molecule has 0 saturated carbocycles. The van der Waals surface area contributed by atoms with E-state index in [-0.39, 0.29) is 11.7 Å². The lowest BCUT2D eigenvalue weighted by Crippen LogP contribution is -2.17. The van der Waals surface area contributed by atoms with Gasteiger partial charge in [0.1, 0.15) is 10.8 Å². The molecule has 34 heavy (non-hydrogen) atoms. The van der Waals surface area contributed by atoms with Gasteiger partial charge in [-0.25, -0.2) is 14.8 Å². The Morgan fingerprint density at radius 3 is 2.32 bits per heavy atom. The topological polar surface area (TPSA) is 90.4 Å². The number of carbonyl (C=O) groups excluding carboxylic acids is 2. The molecular weight excluding hydrogens is 450 g/mol. The van der Waals surface area contributed by atoms with Gasteiger partial charge in [0.05, 0.1) is 48.0 Å². The van der Waals surface area contributed by atoms with Crippen molar-refractivity contribution in [3.8, 4) is 5.75 Å². The third-order valence-corrected chi connectivity index (χ3v) is 6.11. The van der Waals surface area contributed by atoms with E-state index >= 15 is 0 Å². The van der Waals surface area contributed by atoms with Gasteiger partial charge in [-0.2, -0.15) is 0 Å². The largest absolute Gasteiger partial charge is 0.496 e. The third kappa shape index (κ3) is 5.35. The van der Waals surface area contributed by atoms with Crippen LogP contribution in [0.1, 0.15) is 21.6 Å². The summed E-state index contributed by atoms with van der Waals surface area (Å²) in [6.07, 6.45) is 0.511. The molecule has 3 aromatic carbocycles. The number of methoxy groups -OCH3 is 2. The Kier molecular flexibility index (Phi) is 7.39. The van der Waals surface area contributed by atoms with Crippen molar-refractivity contribution in [2.75, 3.05) is 25.3 Å². The number of amides is 1. The second-order valence-electron chi connectivity index (χ2n) is 7.33. The Bertz CT molecular complexity index is 1340. The van der Waals surface area contributed by atoms with Gasteiger partial charge in [-0.05, 0) is 30.3 Å². The number of carbonyl (C=O) groups is 2. The highest BCUT2D eigenvalue weighted by Gasteiger charge is 2.16. The van der Waals surface area contributed by atoms with E-state index in [9.17, 15) is 9.59 Å². The number of nitrogens with zero attached hydrogens (tertiary/aromatic N) is 2. The lowest BCUT2D eigenvalue weighted by atomic mass is 10.1. The van der Waals surface area contributed by atoms with E-state index < -0.39 is 5.97 Å². The normalized spacial score (nSPS) is 10.6. The second-order valence-corrected chi connectivity index (χ2v) is 8.29. The van der Waals surface area contributed by atoms with E-state index in [1.807, 2.05) is 48.5 Å². The molecule has 0 saturated heterocycles. The molecule has 172 valence electrons. The van der Waals surface area contributed by atoms with Crippen LogP contribution in [-0.2, 0) is 16.0 Å². The van der Waals surface area contributed by atoms with E-state index in [2.05, 4.69) is 5.32 Å². The van der Waals surface area contributed by atoms with Crippen LogP contribution in [0.5, 0.6) is 5.75 Å². The highest BCUT2D eigenvalue weighted by Crippen LogP contribution is 2.28. The number of fused-ring (bicyclic) bond motifs is 1. The number of nitrogens with one attached hydrogen (secondary N) is 1. The molecular formula is C26H23N3O4S. The van der Waals surface area contributed by atoms with Gasteiger partial charge < -0.3 is 14.8 Å². The monoisotopic (exact) mass is 473 g/mol. The van der Waals surface area contributed by atoms with Crippen molar-refractivity contribution in [3.63, 3.8) is 0 Å². The van der Waals surface area contributed by atoms with E-state index in [4.69, 9.17) is 19.4 Å². The lowest BCUT2D eigenvalue weighted by molar-refractivity contribution is -0.113. The first kappa shape index (κ1) is 23.3. The summed E-state index contributed by atoms with van der Waals surface area (Å²) in [7, 11) is 2.94. The predicted molar refractivity (Wildman–Crippen MR) is 132 cm³/mol. The van der Waals surface area contributed by atoms with Crippen LogP contribution in [0, 0.1) is 0 Å². The van der Waals surface area contributed by atoms with E-state index in [1.54, 1.807) is 31.4 Å². The predicted octanol–water partition coefficient (Wildman–Crippen LogP) is 4.75. The molecule has 1 amide bonds. The summed E-state index contributed by atoms with van der Waals surface area (Å²) in [6, 6.07) is 22.1. The Hall–Kier alpha value is -3.91. The van der Waals surface area contributed by atoms with Gasteiger partial charge in [0.15, 0.2) is 0 Å². The molecule has 0 unspecified atom stereocenters. The number of para-hydroxylation sites is 4. The molecule has 0 bridgehead atoms. The molecule has 1 N–H and O–H groups in total. The zero-order chi connectivity index (χ0) is 23.9. The number of hydrogen-bond acceptors (Lipinski definition) is 7. The number of benzene rings is 3. The molecule has 1 heterocycles. The number of aromatic nitrogens is 2. The van der Waals surface area contributed by atoms with Crippen molar-refractivity contribution in [1.82, 2.24) is 9.97 Å². The zero-order valence-corrected chi connectivity index (χ0v) is 19.6. The number of rotatable bonds is 8. The molecule has 1 aromatic heterocycles. The molecule has 8 heteroatoms. The summed E-state index contributed by atoms with van der Waals surface area (Å²) in [5.74, 6) is 0.0923. The minimum atomic E-state index is -0.511. The van der Waals surface area contributed by atoms with Crippen molar-refractivity contribution >= 4 is 40.4 Å². The van der Waals surface area contributed by atoms with Crippen LogP contribution in [0.4, 0.5) is 5.69 Å². The fraction of sp³-hybridized carbons (Fsp3) is 0.154. The average molecular weight is 474 g/mol. The molecule has 4 aromatic rings. The number of esters is 1. The van der Waals surface area contributed by atoms with Crippen LogP contribution in [0.3, 0.4) is 0 Å². The number of ether oxygens (including phenoxy) is 2. The highest BCUT2D eigenvalue weighted by molar-refractivity contribution is 8.00. The summed E-state index contributed by atoms with van der Waals surface area (Å²) in [6.45, 7) is 0. The van der Waals surface area contributed by atoms with Crippen LogP contribution >= 0.6 is 11.8 Å². The van der Waals surface area contributed by atoms with Gasteiger partial charge in [0, 0.05) is 12.0 Å². The molecule has 0 radical (unpaired) electrons. The standard InChI is InChI=1S/C26H23N3O4S/c1-32-23-14-8-3-9-17(23)15-22-25(29-21-13-7-6-12-20(21)27-22)34-16-24(30)28-19-11-5-4-10-18(19)26(31)33-2/h3-14H,15-16H2,1-2H3,(H,28,30). The van der Waals surface area contributed by atoms with E-state index in [0.717, 1.165) is 28.0 Å². The molecule has 0 fully saturated rings. The third-order valence-electron chi connectivity index (χ3n) is 5.10. The SMILES string of the molecule is COC(=O)c1ccccc1NC(=O)CSc1nc2ccccc2nc1Cc1ccccc1OC. The Balaban J connectivity index is 1.57. The first-order valence-electron chi connectivity index (χ1n) is 10.6. The molecule has 0 aliphatic carbocycles. The maximum Gasteiger partial charge on any atom is 0.339 e. The lowest BCUT2D eigenvalue weighted by Gasteiger charge is -2.12. The van der Waals surface area contributed by atoms with Crippen LogP contribution in [0.25, 0.3) is 11.0 Å². The summed E-state index contributed by atoms with van der Waals surface area (Å²) >= 11 is 1.30. The molecule has 0 spiro atoms. The first-order chi connectivity index (χ1) is 16.6. The molecule has 0 atom stereocenters.